The third kappa shape index (κ3) is 4.37. The molecule has 0 aliphatic carbocycles. The Labute approximate surface area is 121 Å². The first kappa shape index (κ1) is 16.8. The van der Waals surface area contributed by atoms with Crippen LogP contribution in [0.25, 0.3) is 0 Å². The average Bonchev–Trinajstić information content (AvgIpc) is 2.48. The second-order valence-corrected chi connectivity index (χ2v) is 4.54. The van der Waals surface area contributed by atoms with Gasteiger partial charge in [0.1, 0.15) is 0 Å². The van der Waals surface area contributed by atoms with Gasteiger partial charge in [-0.1, -0.05) is 6.07 Å². The molecular weight excluding hydrogens is 256 g/mol. The van der Waals surface area contributed by atoms with Gasteiger partial charge in [-0.2, -0.15) is 0 Å². The Hall–Kier alpha value is -1.30. The maximum absolute atomic E-state index is 5.92. The van der Waals surface area contributed by atoms with Crippen LogP contribution < -0.4 is 15.2 Å². The zero-order valence-corrected chi connectivity index (χ0v) is 12.9. The van der Waals surface area contributed by atoms with E-state index in [1.165, 1.54) is 0 Å². The minimum absolute atomic E-state index is 0.135. The minimum Gasteiger partial charge on any atom is -0.493 e. The fraction of sp³-hybridized carbons (Fsp3) is 0.600. The van der Waals surface area contributed by atoms with E-state index < -0.39 is 0 Å². The first-order valence-corrected chi connectivity index (χ1v) is 6.87. The standard InChI is InChI=1S/C15H26N2O3/c1-5-20-9-8-17(2)13(11-16)12-6-7-14(18-3)15(10-12)19-4/h6-7,10,13H,5,8-9,11,16H2,1-4H3. The molecule has 0 amide bonds. The number of ether oxygens (including phenoxy) is 3. The van der Waals surface area contributed by atoms with Gasteiger partial charge >= 0.3 is 0 Å². The van der Waals surface area contributed by atoms with Crippen molar-refractivity contribution in [1.29, 1.82) is 0 Å². The van der Waals surface area contributed by atoms with E-state index in [9.17, 15) is 0 Å². The largest absolute Gasteiger partial charge is 0.493 e. The Kier molecular flexibility index (Phi) is 7.36. The Balaban J connectivity index is 2.83. The summed E-state index contributed by atoms with van der Waals surface area (Å²) in [6.07, 6.45) is 0. The monoisotopic (exact) mass is 282 g/mol. The lowest BCUT2D eigenvalue weighted by atomic mass is 10.0. The summed E-state index contributed by atoms with van der Waals surface area (Å²) >= 11 is 0. The van der Waals surface area contributed by atoms with Crippen molar-refractivity contribution < 1.29 is 14.2 Å². The van der Waals surface area contributed by atoms with Crippen LogP contribution in [0.3, 0.4) is 0 Å². The molecule has 0 saturated heterocycles. The lowest BCUT2D eigenvalue weighted by Gasteiger charge is -2.27. The molecular formula is C15H26N2O3. The van der Waals surface area contributed by atoms with Crippen molar-refractivity contribution >= 4 is 0 Å². The van der Waals surface area contributed by atoms with E-state index in [2.05, 4.69) is 4.90 Å². The van der Waals surface area contributed by atoms with Crippen LogP contribution in [0.5, 0.6) is 11.5 Å². The highest BCUT2D eigenvalue weighted by atomic mass is 16.5. The third-order valence-corrected chi connectivity index (χ3v) is 3.34. The Morgan fingerprint density at radius 2 is 1.90 bits per heavy atom. The maximum Gasteiger partial charge on any atom is 0.161 e. The van der Waals surface area contributed by atoms with Gasteiger partial charge in [-0.25, -0.2) is 0 Å². The second kappa shape index (κ2) is 8.79. The van der Waals surface area contributed by atoms with Gasteiger partial charge < -0.3 is 19.9 Å². The van der Waals surface area contributed by atoms with Crippen LogP contribution in [0.4, 0.5) is 0 Å². The van der Waals surface area contributed by atoms with E-state index in [0.29, 0.717) is 13.2 Å². The van der Waals surface area contributed by atoms with E-state index in [1.807, 2.05) is 32.2 Å². The summed E-state index contributed by atoms with van der Waals surface area (Å²) in [5, 5.41) is 0. The molecule has 0 heterocycles. The Morgan fingerprint density at radius 1 is 1.20 bits per heavy atom. The van der Waals surface area contributed by atoms with Crippen molar-refractivity contribution in [2.24, 2.45) is 5.73 Å². The van der Waals surface area contributed by atoms with E-state index >= 15 is 0 Å². The van der Waals surface area contributed by atoms with Crippen molar-refractivity contribution in [1.82, 2.24) is 4.90 Å². The molecule has 1 aromatic carbocycles. The number of benzene rings is 1. The number of hydrogen-bond acceptors (Lipinski definition) is 5. The summed E-state index contributed by atoms with van der Waals surface area (Å²) in [4.78, 5) is 2.19. The fourth-order valence-electron chi connectivity index (χ4n) is 2.14. The van der Waals surface area contributed by atoms with Crippen LogP contribution in [-0.2, 0) is 4.74 Å². The van der Waals surface area contributed by atoms with Gasteiger partial charge in [0.15, 0.2) is 11.5 Å². The van der Waals surface area contributed by atoms with E-state index in [0.717, 1.165) is 30.2 Å². The van der Waals surface area contributed by atoms with E-state index in [1.54, 1.807) is 14.2 Å². The van der Waals surface area contributed by atoms with Crippen LogP contribution in [0.15, 0.2) is 18.2 Å². The molecule has 0 aliphatic heterocycles. The molecule has 114 valence electrons. The number of nitrogens with two attached hydrogens (primary N) is 1. The molecule has 0 aromatic heterocycles. The Bertz CT molecular complexity index is 399. The molecule has 0 fully saturated rings. The zero-order chi connectivity index (χ0) is 15.0. The number of nitrogens with zero attached hydrogens (tertiary/aromatic N) is 1. The highest BCUT2D eigenvalue weighted by Crippen LogP contribution is 2.31. The molecule has 2 N–H and O–H groups in total. The third-order valence-electron chi connectivity index (χ3n) is 3.34. The van der Waals surface area contributed by atoms with Crippen molar-refractivity contribution in [2.75, 3.05) is 47.6 Å². The molecule has 20 heavy (non-hydrogen) atoms. The molecule has 1 aromatic rings. The lowest BCUT2D eigenvalue weighted by Crippen LogP contribution is -2.33. The molecule has 5 heteroatoms. The fourth-order valence-corrected chi connectivity index (χ4v) is 2.14. The molecule has 0 radical (unpaired) electrons. The smallest absolute Gasteiger partial charge is 0.161 e. The first-order valence-electron chi connectivity index (χ1n) is 6.87. The molecule has 1 rings (SSSR count). The van der Waals surface area contributed by atoms with Crippen LogP contribution >= 0.6 is 0 Å². The van der Waals surface area contributed by atoms with E-state index in [-0.39, 0.29) is 6.04 Å². The SMILES string of the molecule is CCOCCN(C)C(CN)c1ccc(OC)c(OC)c1. The van der Waals surface area contributed by atoms with Crippen molar-refractivity contribution in [3.63, 3.8) is 0 Å². The van der Waals surface area contributed by atoms with Crippen molar-refractivity contribution in [3.8, 4) is 11.5 Å². The molecule has 1 unspecified atom stereocenters. The van der Waals surface area contributed by atoms with Crippen molar-refractivity contribution in [3.05, 3.63) is 23.8 Å². The summed E-state index contributed by atoms with van der Waals surface area (Å²) in [5.41, 5.74) is 7.03. The van der Waals surface area contributed by atoms with Gasteiger partial charge in [-0.05, 0) is 31.7 Å². The molecule has 1 atom stereocenters. The summed E-state index contributed by atoms with van der Waals surface area (Å²) in [5.74, 6) is 1.45. The lowest BCUT2D eigenvalue weighted by molar-refractivity contribution is 0.108. The number of rotatable bonds is 9. The average molecular weight is 282 g/mol. The number of likely N-dealkylation sites (N-methyl/N-ethyl adjacent to an activating group) is 1. The second-order valence-electron chi connectivity index (χ2n) is 4.54. The topological polar surface area (TPSA) is 57.0 Å². The Morgan fingerprint density at radius 3 is 2.45 bits per heavy atom. The van der Waals surface area contributed by atoms with Crippen LogP contribution in [0.1, 0.15) is 18.5 Å². The van der Waals surface area contributed by atoms with Gasteiger partial charge in [-0.3, -0.25) is 4.90 Å². The minimum atomic E-state index is 0.135. The number of hydrogen-bond donors (Lipinski definition) is 1. The predicted octanol–water partition coefficient (Wildman–Crippen LogP) is 1.67. The van der Waals surface area contributed by atoms with Crippen molar-refractivity contribution in [2.45, 2.75) is 13.0 Å². The molecule has 0 saturated carbocycles. The molecule has 0 bridgehead atoms. The summed E-state index contributed by atoms with van der Waals surface area (Å²) < 4.78 is 16.0. The highest BCUT2D eigenvalue weighted by Gasteiger charge is 2.17. The van der Waals surface area contributed by atoms with Crippen LogP contribution in [0, 0.1) is 0 Å². The summed E-state index contributed by atoms with van der Waals surface area (Å²) in [6, 6.07) is 6.05. The molecule has 0 aliphatic rings. The van der Waals surface area contributed by atoms with Crippen LogP contribution in [0.2, 0.25) is 0 Å². The highest BCUT2D eigenvalue weighted by molar-refractivity contribution is 5.43. The van der Waals surface area contributed by atoms with Gasteiger partial charge in [0.05, 0.1) is 20.8 Å². The molecule has 0 spiro atoms. The van der Waals surface area contributed by atoms with Gasteiger partial charge in [0.25, 0.3) is 0 Å². The molecule has 5 nitrogen and oxygen atoms in total. The summed E-state index contributed by atoms with van der Waals surface area (Å²) in [7, 11) is 5.32. The normalized spacial score (nSPS) is 12.5. The van der Waals surface area contributed by atoms with Gasteiger partial charge in [-0.15, -0.1) is 0 Å². The maximum atomic E-state index is 5.92. The van der Waals surface area contributed by atoms with Gasteiger partial charge in [0, 0.05) is 25.7 Å². The quantitative estimate of drug-likeness (QED) is 0.698. The first-order chi connectivity index (χ1) is 9.67. The van der Waals surface area contributed by atoms with Gasteiger partial charge in [0.2, 0.25) is 0 Å². The number of methoxy groups -OCH3 is 2. The van der Waals surface area contributed by atoms with E-state index in [4.69, 9.17) is 19.9 Å². The predicted molar refractivity (Wildman–Crippen MR) is 80.5 cm³/mol. The summed E-state index contributed by atoms with van der Waals surface area (Å²) in [6.45, 7) is 4.81. The zero-order valence-electron chi connectivity index (χ0n) is 12.9. The van der Waals surface area contributed by atoms with Crippen LogP contribution in [-0.4, -0.2) is 52.5 Å².